The molecular formula is C25H26ClN3S. The van der Waals surface area contributed by atoms with Gasteiger partial charge in [-0.05, 0) is 60.2 Å². The average molecular weight is 436 g/mol. The maximum atomic E-state index is 6.10. The standard InChI is InChI=1S/C25H26ClN3S/c1-19-11-15-30-25(19)18-29(17-20-6-3-2-4-7-20)14-5-12-27-23-10-13-28-24-16-21(26)8-9-22(23)24/h2-4,6-11,13,15-16H,5,12,14,17-18H2,1H3,(H,27,28). The number of nitrogens with zero attached hydrogens (tertiary/aromatic N) is 2. The molecule has 2 aromatic heterocycles. The Morgan fingerprint density at radius 1 is 1.03 bits per heavy atom. The molecule has 5 heteroatoms. The van der Waals surface area contributed by atoms with Gasteiger partial charge in [0.1, 0.15) is 0 Å². The molecule has 0 atom stereocenters. The van der Waals surface area contributed by atoms with E-state index in [0.29, 0.717) is 5.02 Å². The zero-order chi connectivity index (χ0) is 20.8. The van der Waals surface area contributed by atoms with Gasteiger partial charge in [0.2, 0.25) is 0 Å². The lowest BCUT2D eigenvalue weighted by Gasteiger charge is -2.22. The molecule has 2 heterocycles. The van der Waals surface area contributed by atoms with Gasteiger partial charge in [-0.15, -0.1) is 11.3 Å². The number of aryl methyl sites for hydroxylation is 1. The largest absolute Gasteiger partial charge is 0.384 e. The molecule has 0 unspecified atom stereocenters. The number of thiophene rings is 1. The highest BCUT2D eigenvalue weighted by molar-refractivity contribution is 7.10. The van der Waals surface area contributed by atoms with Gasteiger partial charge in [-0.3, -0.25) is 9.88 Å². The fraction of sp³-hybridized carbons (Fsp3) is 0.240. The van der Waals surface area contributed by atoms with Gasteiger partial charge in [-0.25, -0.2) is 0 Å². The lowest BCUT2D eigenvalue weighted by molar-refractivity contribution is 0.258. The summed E-state index contributed by atoms with van der Waals surface area (Å²) in [5.41, 5.74) is 4.78. The minimum absolute atomic E-state index is 0.715. The van der Waals surface area contributed by atoms with E-state index in [1.807, 2.05) is 41.8 Å². The summed E-state index contributed by atoms with van der Waals surface area (Å²) >= 11 is 7.96. The van der Waals surface area contributed by atoms with Gasteiger partial charge < -0.3 is 5.32 Å². The molecule has 0 aliphatic heterocycles. The van der Waals surface area contributed by atoms with Crippen molar-refractivity contribution in [2.24, 2.45) is 0 Å². The van der Waals surface area contributed by atoms with Crippen LogP contribution in [0.25, 0.3) is 10.9 Å². The second-order valence-corrected chi connectivity index (χ2v) is 8.96. The smallest absolute Gasteiger partial charge is 0.0737 e. The van der Waals surface area contributed by atoms with Crippen LogP contribution in [-0.2, 0) is 13.1 Å². The molecule has 0 saturated carbocycles. The molecule has 0 aliphatic rings. The lowest BCUT2D eigenvalue weighted by Crippen LogP contribution is -2.25. The fourth-order valence-corrected chi connectivity index (χ4v) is 4.74. The Balaban J connectivity index is 1.38. The number of fused-ring (bicyclic) bond motifs is 1. The first kappa shape index (κ1) is 20.9. The number of pyridine rings is 1. The molecule has 4 rings (SSSR count). The summed E-state index contributed by atoms with van der Waals surface area (Å²) in [6, 6.07) is 20.8. The summed E-state index contributed by atoms with van der Waals surface area (Å²) in [5, 5.41) is 7.60. The zero-order valence-corrected chi connectivity index (χ0v) is 18.7. The maximum absolute atomic E-state index is 6.10. The molecule has 30 heavy (non-hydrogen) atoms. The van der Waals surface area contributed by atoms with Crippen molar-refractivity contribution in [1.82, 2.24) is 9.88 Å². The number of benzene rings is 2. The second kappa shape index (κ2) is 10.1. The third kappa shape index (κ3) is 5.39. The Hall–Kier alpha value is -2.40. The predicted octanol–water partition coefficient (Wildman–Crippen LogP) is 6.76. The van der Waals surface area contributed by atoms with Gasteiger partial charge in [-0.1, -0.05) is 41.9 Å². The highest BCUT2D eigenvalue weighted by atomic mass is 35.5. The zero-order valence-electron chi connectivity index (χ0n) is 17.1. The van der Waals surface area contributed by atoms with Gasteiger partial charge in [0.15, 0.2) is 0 Å². The number of anilines is 1. The van der Waals surface area contributed by atoms with Crippen LogP contribution in [0.2, 0.25) is 5.02 Å². The highest BCUT2D eigenvalue weighted by Crippen LogP contribution is 2.24. The van der Waals surface area contributed by atoms with E-state index in [-0.39, 0.29) is 0 Å². The molecule has 0 bridgehead atoms. The molecule has 154 valence electrons. The van der Waals surface area contributed by atoms with Crippen molar-refractivity contribution < 1.29 is 0 Å². The van der Waals surface area contributed by atoms with E-state index in [1.54, 1.807) is 0 Å². The second-order valence-electron chi connectivity index (χ2n) is 7.52. The van der Waals surface area contributed by atoms with E-state index in [1.165, 1.54) is 16.0 Å². The minimum atomic E-state index is 0.715. The summed E-state index contributed by atoms with van der Waals surface area (Å²) in [4.78, 5) is 8.42. The minimum Gasteiger partial charge on any atom is -0.384 e. The Bertz CT molecular complexity index is 1090. The summed E-state index contributed by atoms with van der Waals surface area (Å²) in [7, 11) is 0. The number of aromatic nitrogens is 1. The number of hydrogen-bond donors (Lipinski definition) is 1. The van der Waals surface area contributed by atoms with Crippen molar-refractivity contribution in [2.45, 2.75) is 26.4 Å². The number of rotatable bonds is 9. The van der Waals surface area contributed by atoms with Crippen LogP contribution in [0.1, 0.15) is 22.4 Å². The van der Waals surface area contributed by atoms with Crippen molar-refractivity contribution >= 4 is 39.5 Å². The van der Waals surface area contributed by atoms with Gasteiger partial charge in [0, 0.05) is 53.3 Å². The monoisotopic (exact) mass is 435 g/mol. The Morgan fingerprint density at radius 2 is 1.90 bits per heavy atom. The van der Waals surface area contributed by atoms with Gasteiger partial charge in [0.05, 0.1) is 5.52 Å². The number of nitrogens with one attached hydrogen (secondary N) is 1. The first-order valence-electron chi connectivity index (χ1n) is 10.3. The molecule has 0 fully saturated rings. The Morgan fingerprint density at radius 3 is 2.70 bits per heavy atom. The third-order valence-electron chi connectivity index (χ3n) is 5.26. The van der Waals surface area contributed by atoms with Crippen LogP contribution >= 0.6 is 22.9 Å². The quantitative estimate of drug-likeness (QED) is 0.294. The summed E-state index contributed by atoms with van der Waals surface area (Å²) < 4.78 is 0. The molecular weight excluding hydrogens is 410 g/mol. The van der Waals surface area contributed by atoms with E-state index in [9.17, 15) is 0 Å². The highest BCUT2D eigenvalue weighted by Gasteiger charge is 2.10. The van der Waals surface area contributed by atoms with E-state index in [4.69, 9.17) is 11.6 Å². The molecule has 0 aliphatic carbocycles. The SMILES string of the molecule is Cc1ccsc1CN(CCCNc1ccnc2cc(Cl)ccc12)Cc1ccccc1. The van der Waals surface area contributed by atoms with Gasteiger partial charge in [-0.2, -0.15) is 0 Å². The lowest BCUT2D eigenvalue weighted by atomic mass is 10.2. The van der Waals surface area contributed by atoms with Crippen LogP contribution in [0.15, 0.2) is 72.2 Å². The Kier molecular flexibility index (Phi) is 7.00. The molecule has 0 spiro atoms. The van der Waals surface area contributed by atoms with Crippen LogP contribution in [0, 0.1) is 6.92 Å². The van der Waals surface area contributed by atoms with E-state index < -0.39 is 0 Å². The first-order valence-corrected chi connectivity index (χ1v) is 11.5. The molecule has 4 aromatic rings. The van der Waals surface area contributed by atoms with E-state index in [2.05, 4.69) is 63.9 Å². The number of hydrogen-bond acceptors (Lipinski definition) is 4. The van der Waals surface area contributed by atoms with Crippen molar-refractivity contribution in [1.29, 1.82) is 0 Å². The average Bonchev–Trinajstić information content (AvgIpc) is 3.16. The first-order chi connectivity index (χ1) is 14.7. The molecule has 0 saturated heterocycles. The van der Waals surface area contributed by atoms with Crippen molar-refractivity contribution in [3.8, 4) is 0 Å². The van der Waals surface area contributed by atoms with Crippen LogP contribution in [0.5, 0.6) is 0 Å². The fourth-order valence-electron chi connectivity index (χ4n) is 3.63. The van der Waals surface area contributed by atoms with Crippen LogP contribution in [0.4, 0.5) is 5.69 Å². The molecule has 3 nitrogen and oxygen atoms in total. The van der Waals surface area contributed by atoms with Crippen molar-refractivity contribution in [3.63, 3.8) is 0 Å². The summed E-state index contributed by atoms with van der Waals surface area (Å²) in [5.74, 6) is 0. The molecule has 0 amide bonds. The van der Waals surface area contributed by atoms with Crippen LogP contribution < -0.4 is 5.32 Å². The van der Waals surface area contributed by atoms with Gasteiger partial charge in [0.25, 0.3) is 0 Å². The van der Waals surface area contributed by atoms with Crippen LogP contribution in [-0.4, -0.2) is 23.0 Å². The summed E-state index contributed by atoms with van der Waals surface area (Å²) in [6.07, 6.45) is 2.90. The molecule has 1 N–H and O–H groups in total. The van der Waals surface area contributed by atoms with Crippen molar-refractivity contribution in [3.05, 3.63) is 93.3 Å². The van der Waals surface area contributed by atoms with E-state index >= 15 is 0 Å². The normalized spacial score (nSPS) is 11.3. The predicted molar refractivity (Wildman–Crippen MR) is 129 cm³/mol. The summed E-state index contributed by atoms with van der Waals surface area (Å²) in [6.45, 7) is 6.11. The molecule has 2 aromatic carbocycles. The van der Waals surface area contributed by atoms with E-state index in [0.717, 1.165) is 49.2 Å². The number of halogens is 1. The topological polar surface area (TPSA) is 28.2 Å². The Labute approximate surface area is 187 Å². The third-order valence-corrected chi connectivity index (χ3v) is 6.50. The van der Waals surface area contributed by atoms with Crippen molar-refractivity contribution in [2.75, 3.05) is 18.4 Å². The maximum Gasteiger partial charge on any atom is 0.0737 e. The van der Waals surface area contributed by atoms with Gasteiger partial charge >= 0.3 is 0 Å². The van der Waals surface area contributed by atoms with Crippen LogP contribution in [0.3, 0.4) is 0 Å². The molecule has 0 radical (unpaired) electrons.